The SMILES string of the molecule is C/C=C/C(C)(C)CC1C(C(=O)O)C(c2ccc3c(c2)OCO3)CN1CC(=O)N(CCCC)CCCCN. The summed E-state index contributed by atoms with van der Waals surface area (Å²) in [7, 11) is 0. The number of amides is 1. The summed E-state index contributed by atoms with van der Waals surface area (Å²) in [5.41, 5.74) is 6.38. The van der Waals surface area contributed by atoms with E-state index in [1.165, 1.54) is 0 Å². The van der Waals surface area contributed by atoms with Crippen LogP contribution in [0, 0.1) is 11.3 Å². The number of ether oxygens (including phenoxy) is 2. The molecule has 2 heterocycles. The molecular formula is C29H45N3O5. The summed E-state index contributed by atoms with van der Waals surface area (Å²) in [6.45, 7) is 11.3. The van der Waals surface area contributed by atoms with Crippen LogP contribution in [-0.2, 0) is 9.59 Å². The molecule has 2 aliphatic rings. The summed E-state index contributed by atoms with van der Waals surface area (Å²) >= 11 is 0. The van der Waals surface area contributed by atoms with Gasteiger partial charge in [0, 0.05) is 31.6 Å². The molecule has 0 aliphatic carbocycles. The van der Waals surface area contributed by atoms with E-state index in [2.05, 4.69) is 31.7 Å². The Morgan fingerprint density at radius 2 is 1.92 bits per heavy atom. The van der Waals surface area contributed by atoms with Crippen molar-refractivity contribution in [1.82, 2.24) is 9.80 Å². The zero-order valence-electron chi connectivity index (χ0n) is 22.9. The molecule has 206 valence electrons. The topological polar surface area (TPSA) is 105 Å². The molecule has 2 aliphatic heterocycles. The number of carbonyl (C=O) groups excluding carboxylic acids is 1. The fourth-order valence-electron chi connectivity index (χ4n) is 5.72. The standard InChI is InChI=1S/C29H45N3O5/c1-5-7-14-31(15-9-8-13-30)26(33)19-32-18-22(21-10-11-24-25(16-21)37-20-36-24)27(28(34)35)23(32)17-29(3,4)12-6-2/h6,10-12,16,22-23,27H,5,7-9,13-15,17-20,30H2,1-4H3,(H,34,35)/b12-6+. The van der Waals surface area contributed by atoms with Gasteiger partial charge in [0.25, 0.3) is 0 Å². The predicted octanol–water partition coefficient (Wildman–Crippen LogP) is 4.24. The summed E-state index contributed by atoms with van der Waals surface area (Å²) in [5.74, 6) is -0.339. The van der Waals surface area contributed by atoms with Gasteiger partial charge in [-0.25, -0.2) is 0 Å². The average Bonchev–Trinajstić information content (AvgIpc) is 3.45. The van der Waals surface area contributed by atoms with Gasteiger partial charge in [-0.1, -0.05) is 45.4 Å². The fraction of sp³-hybridized carbons (Fsp3) is 0.655. The summed E-state index contributed by atoms with van der Waals surface area (Å²) < 4.78 is 11.0. The van der Waals surface area contributed by atoms with Gasteiger partial charge in [-0.2, -0.15) is 0 Å². The second kappa shape index (κ2) is 13.3. The Morgan fingerprint density at radius 3 is 2.59 bits per heavy atom. The average molecular weight is 516 g/mol. The highest BCUT2D eigenvalue weighted by Gasteiger charge is 2.48. The molecule has 1 aromatic rings. The fourth-order valence-corrected chi connectivity index (χ4v) is 5.72. The minimum absolute atomic E-state index is 0.0646. The molecular weight excluding hydrogens is 470 g/mol. The Labute approximate surface area is 221 Å². The van der Waals surface area contributed by atoms with E-state index in [9.17, 15) is 14.7 Å². The van der Waals surface area contributed by atoms with E-state index in [4.69, 9.17) is 15.2 Å². The van der Waals surface area contributed by atoms with Crippen LogP contribution in [0.25, 0.3) is 0 Å². The maximum absolute atomic E-state index is 13.6. The van der Waals surface area contributed by atoms with E-state index in [0.717, 1.165) is 37.8 Å². The van der Waals surface area contributed by atoms with Gasteiger partial charge < -0.3 is 25.2 Å². The third-order valence-electron chi connectivity index (χ3n) is 7.57. The summed E-state index contributed by atoms with van der Waals surface area (Å²) in [6, 6.07) is 5.42. The van der Waals surface area contributed by atoms with Crippen molar-refractivity contribution in [3.8, 4) is 11.5 Å². The minimum Gasteiger partial charge on any atom is -0.481 e. The van der Waals surface area contributed by atoms with E-state index < -0.39 is 11.9 Å². The highest BCUT2D eigenvalue weighted by molar-refractivity contribution is 5.79. The molecule has 37 heavy (non-hydrogen) atoms. The van der Waals surface area contributed by atoms with Gasteiger partial charge in [-0.3, -0.25) is 14.5 Å². The van der Waals surface area contributed by atoms with Gasteiger partial charge in [-0.15, -0.1) is 0 Å². The Morgan fingerprint density at radius 1 is 1.19 bits per heavy atom. The first kappa shape index (κ1) is 29.0. The molecule has 8 heteroatoms. The molecule has 1 aromatic carbocycles. The van der Waals surface area contributed by atoms with E-state index in [0.29, 0.717) is 37.6 Å². The molecule has 0 spiro atoms. The number of aliphatic carboxylic acids is 1. The number of carbonyl (C=O) groups is 2. The van der Waals surface area contributed by atoms with Crippen LogP contribution in [-0.4, -0.2) is 72.3 Å². The molecule has 8 nitrogen and oxygen atoms in total. The number of likely N-dealkylation sites (tertiary alicyclic amines) is 1. The number of nitrogens with zero attached hydrogens (tertiary/aromatic N) is 2. The quantitative estimate of drug-likeness (QED) is 0.282. The number of fused-ring (bicyclic) bond motifs is 1. The monoisotopic (exact) mass is 515 g/mol. The number of carboxylic acid groups (broad SMARTS) is 1. The number of benzene rings is 1. The van der Waals surface area contributed by atoms with Crippen LogP contribution in [0.5, 0.6) is 11.5 Å². The van der Waals surface area contributed by atoms with Crippen molar-refractivity contribution in [3.05, 3.63) is 35.9 Å². The van der Waals surface area contributed by atoms with Gasteiger partial charge in [0.1, 0.15) is 0 Å². The number of rotatable bonds is 14. The van der Waals surface area contributed by atoms with Crippen LogP contribution in [0.4, 0.5) is 0 Å². The number of hydrogen-bond donors (Lipinski definition) is 2. The molecule has 0 aromatic heterocycles. The lowest BCUT2D eigenvalue weighted by molar-refractivity contribution is -0.144. The lowest BCUT2D eigenvalue weighted by Gasteiger charge is -2.34. The molecule has 1 saturated heterocycles. The van der Waals surface area contributed by atoms with Gasteiger partial charge in [0.15, 0.2) is 11.5 Å². The van der Waals surface area contributed by atoms with Gasteiger partial charge in [0.2, 0.25) is 12.7 Å². The molecule has 3 rings (SSSR count). The second-order valence-electron chi connectivity index (χ2n) is 11.0. The third-order valence-corrected chi connectivity index (χ3v) is 7.57. The molecule has 0 radical (unpaired) electrons. The van der Waals surface area contributed by atoms with Crippen molar-refractivity contribution in [3.63, 3.8) is 0 Å². The smallest absolute Gasteiger partial charge is 0.308 e. The van der Waals surface area contributed by atoms with Crippen molar-refractivity contribution in [2.24, 2.45) is 17.1 Å². The van der Waals surface area contributed by atoms with Crippen molar-refractivity contribution in [1.29, 1.82) is 0 Å². The van der Waals surface area contributed by atoms with E-state index in [1.54, 1.807) is 0 Å². The molecule has 3 N–H and O–H groups in total. The van der Waals surface area contributed by atoms with E-state index >= 15 is 0 Å². The molecule has 3 atom stereocenters. The van der Waals surface area contributed by atoms with E-state index in [-0.39, 0.29) is 36.6 Å². The van der Waals surface area contributed by atoms with Crippen LogP contribution < -0.4 is 15.2 Å². The predicted molar refractivity (Wildman–Crippen MR) is 145 cm³/mol. The van der Waals surface area contributed by atoms with Crippen molar-refractivity contribution in [2.75, 3.05) is 39.5 Å². The lowest BCUT2D eigenvalue weighted by Crippen LogP contribution is -2.46. The number of carboxylic acids is 1. The first-order valence-corrected chi connectivity index (χ1v) is 13.7. The number of hydrogen-bond acceptors (Lipinski definition) is 6. The highest BCUT2D eigenvalue weighted by Crippen LogP contribution is 2.45. The largest absolute Gasteiger partial charge is 0.481 e. The Kier molecular flexibility index (Phi) is 10.4. The zero-order chi connectivity index (χ0) is 27.0. The lowest BCUT2D eigenvalue weighted by atomic mass is 9.77. The van der Waals surface area contributed by atoms with Crippen LogP contribution in [0.3, 0.4) is 0 Å². The van der Waals surface area contributed by atoms with E-state index in [1.807, 2.05) is 36.1 Å². The molecule has 1 fully saturated rings. The summed E-state index contributed by atoms with van der Waals surface area (Å²) in [6.07, 6.45) is 8.50. The van der Waals surface area contributed by atoms with Crippen LogP contribution >= 0.6 is 0 Å². The van der Waals surface area contributed by atoms with Crippen LogP contribution in [0.1, 0.15) is 71.3 Å². The normalized spacial score (nSPS) is 21.6. The van der Waals surface area contributed by atoms with Crippen molar-refractivity contribution >= 4 is 11.9 Å². The zero-order valence-corrected chi connectivity index (χ0v) is 22.9. The Hall–Kier alpha value is -2.58. The Bertz CT molecular complexity index is 947. The van der Waals surface area contributed by atoms with Gasteiger partial charge in [0.05, 0.1) is 12.5 Å². The van der Waals surface area contributed by atoms with Crippen LogP contribution in [0.15, 0.2) is 30.4 Å². The Balaban J connectivity index is 1.90. The first-order chi connectivity index (χ1) is 17.7. The molecule has 0 saturated carbocycles. The number of allylic oxidation sites excluding steroid dienone is 2. The summed E-state index contributed by atoms with van der Waals surface area (Å²) in [4.78, 5) is 30.4. The first-order valence-electron chi connectivity index (χ1n) is 13.7. The second-order valence-corrected chi connectivity index (χ2v) is 11.0. The van der Waals surface area contributed by atoms with Gasteiger partial charge in [-0.05, 0) is 62.3 Å². The molecule has 1 amide bonds. The minimum atomic E-state index is -0.829. The summed E-state index contributed by atoms with van der Waals surface area (Å²) in [5, 5.41) is 10.4. The number of unbranched alkanes of at least 4 members (excludes halogenated alkanes) is 2. The van der Waals surface area contributed by atoms with Crippen LogP contribution in [0.2, 0.25) is 0 Å². The molecule has 0 bridgehead atoms. The maximum Gasteiger partial charge on any atom is 0.308 e. The van der Waals surface area contributed by atoms with Crippen molar-refractivity contribution in [2.45, 2.75) is 71.8 Å². The maximum atomic E-state index is 13.6. The number of nitrogens with two attached hydrogens (primary N) is 1. The third kappa shape index (κ3) is 7.48. The highest BCUT2D eigenvalue weighted by atomic mass is 16.7. The van der Waals surface area contributed by atoms with Crippen molar-refractivity contribution < 1.29 is 24.2 Å². The van der Waals surface area contributed by atoms with Gasteiger partial charge >= 0.3 is 5.97 Å². The molecule has 3 unspecified atom stereocenters.